The first-order chi connectivity index (χ1) is 15.2. The van der Waals surface area contributed by atoms with Gasteiger partial charge in [0, 0.05) is 17.7 Å². The molecule has 0 saturated heterocycles. The minimum Gasteiger partial charge on any atom is -0.487 e. The van der Waals surface area contributed by atoms with E-state index in [2.05, 4.69) is 16.4 Å². The summed E-state index contributed by atoms with van der Waals surface area (Å²) in [6.45, 7) is 2.90. The van der Waals surface area contributed by atoms with Gasteiger partial charge in [-0.15, -0.1) is 0 Å². The zero-order valence-electron chi connectivity index (χ0n) is 17.9. The number of hydrogen-bond acceptors (Lipinski definition) is 4. The molecule has 4 rings (SSSR count). The van der Waals surface area contributed by atoms with Crippen molar-refractivity contribution >= 4 is 5.91 Å². The maximum absolute atomic E-state index is 12.4. The number of aryl methyl sites for hydroxylation is 1. The molecule has 1 amide bonds. The van der Waals surface area contributed by atoms with Gasteiger partial charge in [0.05, 0.1) is 0 Å². The molecular weight excluding hydrogens is 388 g/mol. The van der Waals surface area contributed by atoms with E-state index in [0.29, 0.717) is 24.6 Å². The number of amides is 1. The normalized spacial score (nSPS) is 13.5. The monoisotopic (exact) mass is 416 g/mol. The van der Waals surface area contributed by atoms with E-state index < -0.39 is 0 Å². The van der Waals surface area contributed by atoms with Gasteiger partial charge in [-0.3, -0.25) is 4.79 Å². The third-order valence-corrected chi connectivity index (χ3v) is 5.52. The average Bonchev–Trinajstić information content (AvgIpc) is 3.19. The van der Waals surface area contributed by atoms with Crippen molar-refractivity contribution in [2.45, 2.75) is 45.6 Å². The molecular formula is C26H28N2O3. The van der Waals surface area contributed by atoms with E-state index in [-0.39, 0.29) is 5.91 Å². The fourth-order valence-electron chi connectivity index (χ4n) is 3.69. The first kappa shape index (κ1) is 20.9. The van der Waals surface area contributed by atoms with Crippen LogP contribution in [0.3, 0.4) is 0 Å². The fourth-order valence-corrected chi connectivity index (χ4v) is 3.69. The van der Waals surface area contributed by atoms with Crippen molar-refractivity contribution in [3.63, 3.8) is 0 Å². The Hall–Kier alpha value is -3.34. The lowest BCUT2D eigenvalue weighted by Gasteiger charge is -2.13. The zero-order valence-corrected chi connectivity index (χ0v) is 17.9. The predicted molar refractivity (Wildman–Crippen MR) is 121 cm³/mol. The van der Waals surface area contributed by atoms with Crippen molar-refractivity contribution in [1.29, 1.82) is 0 Å². The van der Waals surface area contributed by atoms with Crippen LogP contribution in [-0.2, 0) is 6.61 Å². The lowest BCUT2D eigenvalue weighted by Crippen LogP contribution is -2.24. The second-order valence-electron chi connectivity index (χ2n) is 7.82. The van der Waals surface area contributed by atoms with Gasteiger partial charge >= 0.3 is 0 Å². The van der Waals surface area contributed by atoms with Gasteiger partial charge in [-0.2, -0.15) is 0 Å². The van der Waals surface area contributed by atoms with Crippen LogP contribution in [0.1, 0.15) is 53.9 Å². The number of benzene rings is 2. The Balaban J connectivity index is 1.33. The first-order valence-electron chi connectivity index (χ1n) is 10.9. The highest BCUT2D eigenvalue weighted by molar-refractivity contribution is 5.94. The Morgan fingerprint density at radius 2 is 1.90 bits per heavy atom. The van der Waals surface area contributed by atoms with Crippen molar-refractivity contribution in [1.82, 2.24) is 10.3 Å². The van der Waals surface area contributed by atoms with Crippen molar-refractivity contribution in [2.75, 3.05) is 6.54 Å². The van der Waals surface area contributed by atoms with Crippen LogP contribution >= 0.6 is 0 Å². The van der Waals surface area contributed by atoms with Crippen LogP contribution in [0.2, 0.25) is 0 Å². The van der Waals surface area contributed by atoms with Gasteiger partial charge in [0.25, 0.3) is 5.91 Å². The van der Waals surface area contributed by atoms with E-state index in [1.165, 1.54) is 31.3 Å². The Kier molecular flexibility index (Phi) is 6.82. The smallest absolute Gasteiger partial charge is 0.251 e. The van der Waals surface area contributed by atoms with E-state index in [1.807, 2.05) is 61.5 Å². The molecule has 1 N–H and O–H groups in total. The molecule has 5 heteroatoms. The molecule has 5 nitrogen and oxygen atoms in total. The van der Waals surface area contributed by atoms with Gasteiger partial charge in [0.1, 0.15) is 23.8 Å². The number of hydrogen-bond donors (Lipinski definition) is 1. The maximum atomic E-state index is 12.4. The van der Waals surface area contributed by atoms with E-state index >= 15 is 0 Å². The van der Waals surface area contributed by atoms with Crippen LogP contribution in [0.5, 0.6) is 5.75 Å². The average molecular weight is 417 g/mol. The van der Waals surface area contributed by atoms with Gasteiger partial charge in [-0.25, -0.2) is 4.98 Å². The number of rotatable bonds is 8. The minimum atomic E-state index is -0.0523. The number of aromatic nitrogens is 1. The van der Waals surface area contributed by atoms with Gasteiger partial charge < -0.3 is 14.5 Å². The second-order valence-corrected chi connectivity index (χ2v) is 7.82. The van der Waals surface area contributed by atoms with Crippen LogP contribution in [0.4, 0.5) is 0 Å². The molecule has 2 aromatic carbocycles. The number of allylic oxidation sites excluding steroid dienone is 1. The molecule has 0 aliphatic heterocycles. The number of ether oxygens (including phenoxy) is 1. The summed E-state index contributed by atoms with van der Waals surface area (Å²) in [7, 11) is 0. The predicted octanol–water partition coefficient (Wildman–Crippen LogP) is 5.85. The summed E-state index contributed by atoms with van der Waals surface area (Å²) in [5.74, 6) is 2.00. The summed E-state index contributed by atoms with van der Waals surface area (Å²) in [5.41, 5.74) is 3.70. The Morgan fingerprint density at radius 1 is 1.10 bits per heavy atom. The Morgan fingerprint density at radius 3 is 2.65 bits per heavy atom. The van der Waals surface area contributed by atoms with Gasteiger partial charge in [-0.05, 0) is 75.4 Å². The number of nitrogens with zero attached hydrogens (tertiary/aromatic N) is 1. The van der Waals surface area contributed by atoms with Crippen molar-refractivity contribution < 1.29 is 13.9 Å². The summed E-state index contributed by atoms with van der Waals surface area (Å²) in [6, 6.07) is 17.0. The SMILES string of the molecule is Cc1oc(-c2ccc(C(=O)NCCC3=CCCCC3)cc2)nc1COc1ccccc1. The molecule has 0 saturated carbocycles. The van der Waals surface area contributed by atoms with Crippen LogP contribution in [0.25, 0.3) is 11.5 Å². The topological polar surface area (TPSA) is 64.4 Å². The van der Waals surface area contributed by atoms with E-state index in [9.17, 15) is 4.79 Å². The molecule has 3 aromatic rings. The summed E-state index contributed by atoms with van der Waals surface area (Å²) in [5, 5.41) is 3.02. The quantitative estimate of drug-likeness (QED) is 0.468. The number of para-hydroxylation sites is 1. The summed E-state index contributed by atoms with van der Waals surface area (Å²) < 4.78 is 11.6. The van der Waals surface area contributed by atoms with E-state index in [0.717, 1.165) is 29.2 Å². The molecule has 31 heavy (non-hydrogen) atoms. The zero-order chi connectivity index (χ0) is 21.5. The highest BCUT2D eigenvalue weighted by atomic mass is 16.5. The van der Waals surface area contributed by atoms with Gasteiger partial charge in [-0.1, -0.05) is 29.8 Å². The molecule has 1 aliphatic carbocycles. The van der Waals surface area contributed by atoms with E-state index in [4.69, 9.17) is 9.15 Å². The highest BCUT2D eigenvalue weighted by Gasteiger charge is 2.13. The highest BCUT2D eigenvalue weighted by Crippen LogP contribution is 2.23. The molecule has 1 aliphatic rings. The molecule has 1 aromatic heterocycles. The summed E-state index contributed by atoms with van der Waals surface area (Å²) in [4.78, 5) is 17.0. The molecule has 0 radical (unpaired) electrons. The first-order valence-corrected chi connectivity index (χ1v) is 10.9. The number of carbonyl (C=O) groups excluding carboxylic acids is 1. The lowest BCUT2D eigenvalue weighted by atomic mass is 9.97. The molecule has 0 bridgehead atoms. The van der Waals surface area contributed by atoms with Crippen molar-refractivity contribution in [3.05, 3.63) is 83.3 Å². The lowest BCUT2D eigenvalue weighted by molar-refractivity contribution is 0.0954. The summed E-state index contributed by atoms with van der Waals surface area (Å²) in [6.07, 6.45) is 8.15. The molecule has 0 fully saturated rings. The molecule has 0 spiro atoms. The number of nitrogens with one attached hydrogen (secondary N) is 1. The molecule has 0 atom stereocenters. The van der Waals surface area contributed by atoms with Gasteiger partial charge in [0.15, 0.2) is 0 Å². The van der Waals surface area contributed by atoms with Gasteiger partial charge in [0.2, 0.25) is 5.89 Å². The third kappa shape index (κ3) is 5.63. The van der Waals surface area contributed by atoms with Crippen LogP contribution in [-0.4, -0.2) is 17.4 Å². The Labute approximate surface area is 183 Å². The Bertz CT molecular complexity index is 1040. The standard InChI is InChI=1S/C26H28N2O3/c1-19-24(18-30-23-10-6-3-7-11-23)28-26(31-19)22-14-12-21(13-15-22)25(29)27-17-16-20-8-4-2-5-9-20/h3,6-8,10-15H,2,4-5,9,16-18H2,1H3,(H,27,29). The second kappa shape index (κ2) is 10.1. The van der Waals surface area contributed by atoms with Crippen molar-refractivity contribution in [2.24, 2.45) is 0 Å². The van der Waals surface area contributed by atoms with Crippen LogP contribution in [0, 0.1) is 6.92 Å². The minimum absolute atomic E-state index is 0.0523. The number of carbonyl (C=O) groups is 1. The van der Waals surface area contributed by atoms with Crippen LogP contribution < -0.4 is 10.1 Å². The van der Waals surface area contributed by atoms with E-state index in [1.54, 1.807) is 0 Å². The van der Waals surface area contributed by atoms with Crippen molar-refractivity contribution in [3.8, 4) is 17.2 Å². The molecule has 1 heterocycles. The fraction of sp³-hybridized carbons (Fsp3) is 0.308. The molecule has 0 unspecified atom stereocenters. The maximum Gasteiger partial charge on any atom is 0.251 e. The molecule has 160 valence electrons. The number of oxazole rings is 1. The third-order valence-electron chi connectivity index (χ3n) is 5.52. The summed E-state index contributed by atoms with van der Waals surface area (Å²) >= 11 is 0. The largest absolute Gasteiger partial charge is 0.487 e. The van der Waals surface area contributed by atoms with Crippen LogP contribution in [0.15, 0.2) is 70.7 Å².